The van der Waals surface area contributed by atoms with Crippen molar-refractivity contribution < 1.29 is 9.84 Å². The van der Waals surface area contributed by atoms with E-state index in [-0.39, 0.29) is 12.2 Å². The Morgan fingerprint density at radius 2 is 1.79 bits per heavy atom. The normalized spacial score (nSPS) is 12.3. The molecule has 3 N–H and O–H groups in total. The zero-order chi connectivity index (χ0) is 20.3. The molecule has 5 nitrogen and oxygen atoms in total. The maximum atomic E-state index is 12.3. The van der Waals surface area contributed by atoms with Crippen LogP contribution in [-0.2, 0) is 6.54 Å². The van der Waals surface area contributed by atoms with Gasteiger partial charge in [-0.1, -0.05) is 29.3 Å². The van der Waals surface area contributed by atoms with Crippen molar-refractivity contribution in [3.05, 3.63) is 74.6 Å². The lowest BCUT2D eigenvalue weighted by Gasteiger charge is -2.15. The van der Waals surface area contributed by atoms with Gasteiger partial charge in [0.1, 0.15) is 18.5 Å². The molecule has 1 unspecified atom stereocenters. The zero-order valence-electron chi connectivity index (χ0n) is 16.9. The number of ether oxygens (including phenoxy) is 1. The van der Waals surface area contributed by atoms with E-state index in [0.29, 0.717) is 18.7 Å². The minimum Gasteiger partial charge on any atom is -0.491 e. The Kier molecular flexibility index (Phi) is 6.17. The number of H-pyrrole nitrogens is 1. The molecule has 3 rings (SSSR count). The molecule has 0 spiro atoms. The lowest BCUT2D eigenvalue weighted by Crippen LogP contribution is -2.32. The number of pyridine rings is 1. The first-order chi connectivity index (χ1) is 13.3. The summed E-state index contributed by atoms with van der Waals surface area (Å²) in [4.78, 5) is 15.3. The smallest absolute Gasteiger partial charge is 0.252 e. The number of rotatable bonds is 7. The van der Waals surface area contributed by atoms with Crippen molar-refractivity contribution in [3.63, 3.8) is 0 Å². The molecule has 0 radical (unpaired) electrons. The summed E-state index contributed by atoms with van der Waals surface area (Å²) in [7, 11) is 0. The predicted octanol–water partition coefficient (Wildman–Crippen LogP) is 3.29. The van der Waals surface area contributed by atoms with E-state index in [1.54, 1.807) is 0 Å². The summed E-state index contributed by atoms with van der Waals surface area (Å²) >= 11 is 0. The van der Waals surface area contributed by atoms with Gasteiger partial charge in [0.25, 0.3) is 5.56 Å². The zero-order valence-corrected chi connectivity index (χ0v) is 16.9. The molecule has 1 aromatic heterocycles. The van der Waals surface area contributed by atoms with Crippen LogP contribution in [0.15, 0.2) is 41.2 Å². The molecule has 0 fully saturated rings. The summed E-state index contributed by atoms with van der Waals surface area (Å²) in [5.74, 6) is 0.779. The van der Waals surface area contributed by atoms with Crippen LogP contribution in [-0.4, -0.2) is 29.3 Å². The number of nitrogens with one attached hydrogen (secondary N) is 2. The van der Waals surface area contributed by atoms with Crippen LogP contribution >= 0.6 is 0 Å². The number of hydrogen-bond acceptors (Lipinski definition) is 4. The van der Waals surface area contributed by atoms with E-state index in [1.165, 1.54) is 5.56 Å². The van der Waals surface area contributed by atoms with E-state index in [2.05, 4.69) is 28.5 Å². The molecule has 1 heterocycles. The van der Waals surface area contributed by atoms with E-state index < -0.39 is 6.10 Å². The van der Waals surface area contributed by atoms with Crippen LogP contribution in [0.1, 0.15) is 27.8 Å². The topological polar surface area (TPSA) is 74.3 Å². The van der Waals surface area contributed by atoms with E-state index >= 15 is 0 Å². The summed E-state index contributed by atoms with van der Waals surface area (Å²) < 4.78 is 5.71. The first-order valence-electron chi connectivity index (χ1n) is 9.55. The highest BCUT2D eigenvalue weighted by atomic mass is 16.5. The monoisotopic (exact) mass is 380 g/mol. The van der Waals surface area contributed by atoms with Gasteiger partial charge in [-0.2, -0.15) is 0 Å². The number of aryl methyl sites for hydroxylation is 4. The molecule has 28 heavy (non-hydrogen) atoms. The van der Waals surface area contributed by atoms with Crippen molar-refractivity contribution in [3.8, 4) is 5.75 Å². The van der Waals surface area contributed by atoms with E-state index in [4.69, 9.17) is 4.74 Å². The second-order valence-corrected chi connectivity index (χ2v) is 7.53. The molecule has 5 heteroatoms. The fraction of sp³-hybridized carbons (Fsp3) is 0.348. The third-order valence-electron chi connectivity index (χ3n) is 4.83. The fourth-order valence-corrected chi connectivity index (χ4v) is 3.44. The first-order valence-corrected chi connectivity index (χ1v) is 9.55. The molecule has 0 bridgehead atoms. The van der Waals surface area contributed by atoms with Gasteiger partial charge in [-0.3, -0.25) is 4.79 Å². The molecule has 3 aromatic rings. The molecule has 1 atom stereocenters. The standard InChI is InChI=1S/C23H28N2O3/c1-14-5-6-21(16(3)7-14)28-13-20(26)12-24-11-19-10-18-9-15(2)8-17(4)22(18)25-23(19)27/h5-10,20,24,26H,11-13H2,1-4H3,(H,25,27). The first kappa shape index (κ1) is 20.1. The lowest BCUT2D eigenvalue weighted by atomic mass is 10.1. The highest BCUT2D eigenvalue weighted by molar-refractivity contribution is 5.82. The van der Waals surface area contributed by atoms with Gasteiger partial charge in [-0.25, -0.2) is 0 Å². The maximum absolute atomic E-state index is 12.3. The number of hydrogen-bond donors (Lipinski definition) is 3. The van der Waals surface area contributed by atoms with Gasteiger partial charge >= 0.3 is 0 Å². The van der Waals surface area contributed by atoms with Crippen LogP contribution in [0.3, 0.4) is 0 Å². The van der Waals surface area contributed by atoms with Crippen molar-refractivity contribution >= 4 is 10.9 Å². The molecule has 2 aromatic carbocycles. The summed E-state index contributed by atoms with van der Waals surface area (Å²) in [5, 5.41) is 14.3. The summed E-state index contributed by atoms with van der Waals surface area (Å²) in [6, 6.07) is 12.0. The lowest BCUT2D eigenvalue weighted by molar-refractivity contribution is 0.106. The Labute approximate surface area is 165 Å². The van der Waals surface area contributed by atoms with E-state index in [1.807, 2.05) is 45.9 Å². The van der Waals surface area contributed by atoms with Gasteiger partial charge in [0.05, 0.1) is 5.52 Å². The van der Waals surface area contributed by atoms with Crippen molar-refractivity contribution in [1.82, 2.24) is 10.3 Å². The fourth-order valence-electron chi connectivity index (χ4n) is 3.44. The van der Waals surface area contributed by atoms with Gasteiger partial charge in [-0.05, 0) is 62.4 Å². The van der Waals surface area contributed by atoms with Crippen molar-refractivity contribution in [2.45, 2.75) is 40.3 Å². The molecular formula is C23H28N2O3. The molecule has 0 saturated carbocycles. The van der Waals surface area contributed by atoms with Gasteiger partial charge < -0.3 is 20.1 Å². The van der Waals surface area contributed by atoms with Gasteiger partial charge in [0.2, 0.25) is 0 Å². The van der Waals surface area contributed by atoms with Gasteiger partial charge in [0.15, 0.2) is 0 Å². The van der Waals surface area contributed by atoms with Crippen LogP contribution in [0.25, 0.3) is 10.9 Å². The second kappa shape index (κ2) is 8.59. The van der Waals surface area contributed by atoms with E-state index in [9.17, 15) is 9.90 Å². The third-order valence-corrected chi connectivity index (χ3v) is 4.83. The summed E-state index contributed by atoms with van der Waals surface area (Å²) in [6.07, 6.45) is -0.662. The number of fused-ring (bicyclic) bond motifs is 1. The van der Waals surface area contributed by atoms with Gasteiger partial charge in [-0.15, -0.1) is 0 Å². The quantitative estimate of drug-likeness (QED) is 0.588. The van der Waals surface area contributed by atoms with Crippen LogP contribution in [0.5, 0.6) is 5.75 Å². The van der Waals surface area contributed by atoms with Crippen LogP contribution < -0.4 is 15.6 Å². The van der Waals surface area contributed by atoms with Crippen LogP contribution in [0, 0.1) is 27.7 Å². The highest BCUT2D eigenvalue weighted by Gasteiger charge is 2.09. The van der Waals surface area contributed by atoms with Crippen molar-refractivity contribution in [2.24, 2.45) is 0 Å². The van der Waals surface area contributed by atoms with Gasteiger partial charge in [0, 0.05) is 18.7 Å². The number of aromatic amines is 1. The Hall–Kier alpha value is -2.63. The SMILES string of the molecule is Cc1ccc(OCC(O)CNCc2cc3cc(C)cc(C)c3[nH]c2=O)c(C)c1. The van der Waals surface area contributed by atoms with E-state index in [0.717, 1.165) is 33.3 Å². The Morgan fingerprint density at radius 1 is 1.04 bits per heavy atom. The number of aromatic nitrogens is 1. The Bertz CT molecular complexity index is 1040. The number of aliphatic hydroxyl groups is 1. The van der Waals surface area contributed by atoms with Crippen molar-refractivity contribution in [2.75, 3.05) is 13.2 Å². The summed E-state index contributed by atoms with van der Waals surface area (Å²) in [5.41, 5.74) is 5.88. The summed E-state index contributed by atoms with van der Waals surface area (Å²) in [6.45, 7) is 8.99. The van der Waals surface area contributed by atoms with Crippen LogP contribution in [0.2, 0.25) is 0 Å². The van der Waals surface area contributed by atoms with Crippen molar-refractivity contribution in [1.29, 1.82) is 0 Å². The number of benzene rings is 2. The molecule has 0 saturated heterocycles. The third kappa shape index (κ3) is 4.80. The largest absolute Gasteiger partial charge is 0.491 e. The highest BCUT2D eigenvalue weighted by Crippen LogP contribution is 2.19. The minimum absolute atomic E-state index is 0.104. The second-order valence-electron chi connectivity index (χ2n) is 7.53. The maximum Gasteiger partial charge on any atom is 0.252 e. The molecule has 0 aliphatic heterocycles. The molecule has 0 aliphatic carbocycles. The average molecular weight is 380 g/mol. The molecule has 148 valence electrons. The predicted molar refractivity (Wildman–Crippen MR) is 113 cm³/mol. The molecular weight excluding hydrogens is 352 g/mol. The molecule has 0 amide bonds. The number of aliphatic hydroxyl groups excluding tert-OH is 1. The molecule has 0 aliphatic rings. The van der Waals surface area contributed by atoms with Crippen LogP contribution in [0.4, 0.5) is 0 Å². The Balaban J connectivity index is 1.57. The Morgan fingerprint density at radius 3 is 2.54 bits per heavy atom. The average Bonchev–Trinajstić information content (AvgIpc) is 2.62. The minimum atomic E-state index is -0.662.